The average molecular weight is 299 g/mol. The van der Waals surface area contributed by atoms with E-state index in [1.165, 1.54) is 11.3 Å². The highest BCUT2D eigenvalue weighted by Gasteiger charge is 2.18. The van der Waals surface area contributed by atoms with Gasteiger partial charge in [0.25, 0.3) is 0 Å². The number of hydrogen-bond donors (Lipinski definition) is 1. The average Bonchev–Trinajstić information content (AvgIpc) is 2.88. The van der Waals surface area contributed by atoms with Crippen LogP contribution in [-0.4, -0.2) is 11.7 Å². The summed E-state index contributed by atoms with van der Waals surface area (Å²) >= 11 is 1.50. The Balaban J connectivity index is 1.95. The Morgan fingerprint density at radius 2 is 2.14 bits per heavy atom. The van der Waals surface area contributed by atoms with Gasteiger partial charge in [-0.3, -0.25) is 9.59 Å². The molecule has 1 aromatic heterocycles. The van der Waals surface area contributed by atoms with Crippen molar-refractivity contribution in [3.8, 4) is 0 Å². The maximum atomic E-state index is 12.6. The van der Waals surface area contributed by atoms with Crippen molar-refractivity contribution in [2.24, 2.45) is 0 Å². The molecule has 108 valence electrons. The van der Waals surface area contributed by atoms with E-state index in [0.29, 0.717) is 12.0 Å². The molecular weight excluding hydrogens is 282 g/mol. The standard InChI is InChI=1S/C17H17NO2S/c1-2-11-8-9-21-17(11)16(20)13-6-7-14-12(10-13)4-3-5-15(19)18-14/h6-10H,2-5H2,1H3,(H,18,19). The van der Waals surface area contributed by atoms with Crippen LogP contribution in [0.25, 0.3) is 0 Å². The lowest BCUT2D eigenvalue weighted by Crippen LogP contribution is -2.09. The topological polar surface area (TPSA) is 46.2 Å². The van der Waals surface area contributed by atoms with Gasteiger partial charge in [-0.2, -0.15) is 0 Å². The number of thiophene rings is 1. The van der Waals surface area contributed by atoms with Crippen molar-refractivity contribution >= 4 is 28.7 Å². The van der Waals surface area contributed by atoms with Gasteiger partial charge in [0, 0.05) is 17.7 Å². The minimum atomic E-state index is 0.0550. The minimum Gasteiger partial charge on any atom is -0.326 e. The van der Waals surface area contributed by atoms with E-state index in [4.69, 9.17) is 0 Å². The quantitative estimate of drug-likeness (QED) is 0.876. The Morgan fingerprint density at radius 1 is 1.29 bits per heavy atom. The van der Waals surface area contributed by atoms with Crippen molar-refractivity contribution in [3.05, 3.63) is 51.2 Å². The van der Waals surface area contributed by atoms with Crippen LogP contribution in [0.15, 0.2) is 29.6 Å². The summed E-state index contributed by atoms with van der Waals surface area (Å²) in [5, 5.41) is 4.87. The number of fused-ring (bicyclic) bond motifs is 1. The van der Waals surface area contributed by atoms with E-state index in [1.54, 1.807) is 0 Å². The summed E-state index contributed by atoms with van der Waals surface area (Å²) < 4.78 is 0. The normalized spacial score (nSPS) is 14.2. The molecule has 0 bridgehead atoms. The molecule has 4 heteroatoms. The van der Waals surface area contributed by atoms with Gasteiger partial charge in [0.05, 0.1) is 4.88 Å². The van der Waals surface area contributed by atoms with Gasteiger partial charge in [0.2, 0.25) is 11.7 Å². The first-order chi connectivity index (χ1) is 10.2. The molecule has 0 fully saturated rings. The van der Waals surface area contributed by atoms with Gasteiger partial charge in [-0.1, -0.05) is 6.92 Å². The molecule has 1 aliphatic rings. The highest BCUT2D eigenvalue weighted by Crippen LogP contribution is 2.26. The first-order valence-electron chi connectivity index (χ1n) is 7.23. The highest BCUT2D eigenvalue weighted by molar-refractivity contribution is 7.12. The fraction of sp³-hybridized carbons (Fsp3) is 0.294. The lowest BCUT2D eigenvalue weighted by atomic mass is 10.00. The summed E-state index contributed by atoms with van der Waals surface area (Å²) in [6, 6.07) is 7.61. The number of aryl methyl sites for hydroxylation is 2. The number of carbonyl (C=O) groups is 2. The first-order valence-corrected chi connectivity index (χ1v) is 8.11. The molecule has 0 radical (unpaired) electrons. The molecule has 21 heavy (non-hydrogen) atoms. The number of carbonyl (C=O) groups excluding carboxylic acids is 2. The number of rotatable bonds is 3. The Hall–Kier alpha value is -1.94. The molecule has 3 nitrogen and oxygen atoms in total. The molecular formula is C17H17NO2S. The second-order valence-corrected chi connectivity index (χ2v) is 6.15. The maximum Gasteiger partial charge on any atom is 0.224 e. The van der Waals surface area contributed by atoms with Crippen molar-refractivity contribution in [1.82, 2.24) is 0 Å². The van der Waals surface area contributed by atoms with Crippen LogP contribution in [0.1, 0.15) is 46.1 Å². The Morgan fingerprint density at radius 3 is 2.95 bits per heavy atom. The Labute approximate surface area is 128 Å². The zero-order valence-electron chi connectivity index (χ0n) is 11.9. The van der Waals surface area contributed by atoms with Crippen LogP contribution < -0.4 is 5.32 Å². The molecule has 1 aliphatic heterocycles. The zero-order chi connectivity index (χ0) is 14.8. The maximum absolute atomic E-state index is 12.6. The number of ketones is 1. The van der Waals surface area contributed by atoms with Crippen molar-refractivity contribution in [2.45, 2.75) is 32.6 Å². The Bertz CT molecular complexity index is 703. The van der Waals surface area contributed by atoms with Gasteiger partial charge in [-0.15, -0.1) is 11.3 Å². The van der Waals surface area contributed by atoms with Gasteiger partial charge < -0.3 is 5.32 Å². The van der Waals surface area contributed by atoms with E-state index in [-0.39, 0.29) is 11.7 Å². The van der Waals surface area contributed by atoms with Gasteiger partial charge in [0.15, 0.2) is 0 Å². The van der Waals surface area contributed by atoms with E-state index in [1.807, 2.05) is 29.6 Å². The van der Waals surface area contributed by atoms with Crippen LogP contribution >= 0.6 is 11.3 Å². The van der Waals surface area contributed by atoms with Crippen molar-refractivity contribution in [2.75, 3.05) is 5.32 Å². The summed E-state index contributed by atoms with van der Waals surface area (Å²) in [7, 11) is 0. The van der Waals surface area contributed by atoms with E-state index in [9.17, 15) is 9.59 Å². The van der Waals surface area contributed by atoms with Crippen LogP contribution in [-0.2, 0) is 17.6 Å². The number of amides is 1. The summed E-state index contributed by atoms with van der Waals surface area (Å²) in [5.41, 5.74) is 3.72. The van der Waals surface area contributed by atoms with Crippen molar-refractivity contribution in [1.29, 1.82) is 0 Å². The van der Waals surface area contributed by atoms with E-state index >= 15 is 0 Å². The first kappa shape index (κ1) is 14.0. The molecule has 0 spiro atoms. The Kier molecular flexibility index (Phi) is 3.88. The third kappa shape index (κ3) is 2.76. The fourth-order valence-electron chi connectivity index (χ4n) is 2.66. The van der Waals surface area contributed by atoms with Crippen LogP contribution in [0.5, 0.6) is 0 Å². The predicted octanol–water partition coefficient (Wildman–Crippen LogP) is 3.82. The molecule has 0 atom stereocenters. The third-order valence-corrected chi connectivity index (χ3v) is 4.78. The van der Waals surface area contributed by atoms with Gasteiger partial charge in [0.1, 0.15) is 0 Å². The molecule has 2 heterocycles. The largest absolute Gasteiger partial charge is 0.326 e. The van der Waals surface area contributed by atoms with Crippen LogP contribution in [0.3, 0.4) is 0 Å². The lowest BCUT2D eigenvalue weighted by molar-refractivity contribution is -0.116. The number of nitrogens with one attached hydrogen (secondary N) is 1. The molecule has 2 aromatic rings. The summed E-state index contributed by atoms with van der Waals surface area (Å²) in [6.07, 6.45) is 3.07. The molecule has 0 saturated carbocycles. The van der Waals surface area contributed by atoms with Gasteiger partial charge >= 0.3 is 0 Å². The SMILES string of the molecule is CCc1ccsc1C(=O)c1ccc2c(c1)CCCC(=O)N2. The second kappa shape index (κ2) is 5.82. The molecule has 0 saturated heterocycles. The van der Waals surface area contributed by atoms with E-state index < -0.39 is 0 Å². The smallest absolute Gasteiger partial charge is 0.224 e. The molecule has 0 aliphatic carbocycles. The van der Waals surface area contributed by atoms with Crippen LogP contribution in [0, 0.1) is 0 Å². The van der Waals surface area contributed by atoms with Crippen molar-refractivity contribution < 1.29 is 9.59 Å². The van der Waals surface area contributed by atoms with Crippen LogP contribution in [0.4, 0.5) is 5.69 Å². The lowest BCUT2D eigenvalue weighted by Gasteiger charge is -2.09. The summed E-state index contributed by atoms with van der Waals surface area (Å²) in [5.74, 6) is 0.138. The molecule has 1 aromatic carbocycles. The molecule has 0 unspecified atom stereocenters. The van der Waals surface area contributed by atoms with Gasteiger partial charge in [-0.25, -0.2) is 0 Å². The minimum absolute atomic E-state index is 0.0550. The van der Waals surface area contributed by atoms with E-state index in [2.05, 4.69) is 12.2 Å². The highest BCUT2D eigenvalue weighted by atomic mass is 32.1. The van der Waals surface area contributed by atoms with Gasteiger partial charge in [-0.05, 0) is 60.0 Å². The number of anilines is 1. The molecule has 1 amide bonds. The summed E-state index contributed by atoms with van der Waals surface area (Å²) in [6.45, 7) is 2.06. The van der Waals surface area contributed by atoms with E-state index in [0.717, 1.165) is 41.0 Å². The zero-order valence-corrected chi connectivity index (χ0v) is 12.8. The number of benzene rings is 1. The monoisotopic (exact) mass is 299 g/mol. The predicted molar refractivity (Wildman–Crippen MR) is 85.1 cm³/mol. The summed E-state index contributed by atoms with van der Waals surface area (Å²) in [4.78, 5) is 25.0. The molecule has 1 N–H and O–H groups in total. The van der Waals surface area contributed by atoms with Crippen molar-refractivity contribution in [3.63, 3.8) is 0 Å². The fourth-order valence-corrected chi connectivity index (χ4v) is 3.62. The molecule has 3 rings (SSSR count). The van der Waals surface area contributed by atoms with Crippen LogP contribution in [0.2, 0.25) is 0 Å². The number of hydrogen-bond acceptors (Lipinski definition) is 3. The third-order valence-electron chi connectivity index (χ3n) is 3.83. The second-order valence-electron chi connectivity index (χ2n) is 5.23.